The summed E-state index contributed by atoms with van der Waals surface area (Å²) in [6.07, 6.45) is 2.74. The third-order valence-electron chi connectivity index (χ3n) is 5.21. The van der Waals surface area contributed by atoms with E-state index in [9.17, 15) is 9.59 Å². The fraction of sp³-hybridized carbons (Fsp3) is 0.450. The molecular weight excluding hydrogens is 328 g/mol. The molecule has 2 aromatic rings. The van der Waals surface area contributed by atoms with Gasteiger partial charge in [-0.1, -0.05) is 18.2 Å². The summed E-state index contributed by atoms with van der Waals surface area (Å²) in [4.78, 5) is 32.2. The van der Waals surface area contributed by atoms with Gasteiger partial charge in [-0.05, 0) is 38.3 Å². The molecule has 6 heteroatoms. The largest absolute Gasteiger partial charge is 0.355 e. The van der Waals surface area contributed by atoms with Crippen molar-refractivity contribution < 1.29 is 9.59 Å². The van der Waals surface area contributed by atoms with Gasteiger partial charge in [0.25, 0.3) is 5.91 Å². The van der Waals surface area contributed by atoms with Gasteiger partial charge >= 0.3 is 0 Å². The van der Waals surface area contributed by atoms with Crippen molar-refractivity contribution in [3.63, 3.8) is 0 Å². The molecule has 3 N–H and O–H groups in total. The van der Waals surface area contributed by atoms with Gasteiger partial charge in [-0.2, -0.15) is 0 Å². The smallest absolute Gasteiger partial charge is 0.255 e. The van der Waals surface area contributed by atoms with Crippen LogP contribution in [0, 0.1) is 0 Å². The molecule has 2 atom stereocenters. The Balaban J connectivity index is 1.74. The number of likely N-dealkylation sites (N-methyl/N-ethyl adjacent to an activating group) is 1. The number of rotatable bonds is 4. The maximum Gasteiger partial charge on any atom is 0.255 e. The van der Waals surface area contributed by atoms with E-state index in [1.807, 2.05) is 37.3 Å². The lowest BCUT2D eigenvalue weighted by Crippen LogP contribution is -2.46. The third kappa shape index (κ3) is 3.05. The molecule has 1 aliphatic heterocycles. The van der Waals surface area contributed by atoms with Crippen molar-refractivity contribution in [3.05, 3.63) is 41.6 Å². The Hall–Kier alpha value is -2.47. The first-order valence-corrected chi connectivity index (χ1v) is 9.32. The molecule has 0 unspecified atom stereocenters. The van der Waals surface area contributed by atoms with Crippen LogP contribution in [0.2, 0.25) is 0 Å². The van der Waals surface area contributed by atoms with Gasteiger partial charge in [-0.3, -0.25) is 14.6 Å². The molecule has 0 spiro atoms. The van der Waals surface area contributed by atoms with Crippen molar-refractivity contribution in [1.29, 1.82) is 0 Å². The number of benzene rings is 1. The predicted molar refractivity (Wildman–Crippen MR) is 99.8 cm³/mol. The van der Waals surface area contributed by atoms with E-state index in [4.69, 9.17) is 10.7 Å². The number of para-hydroxylation sites is 1. The molecule has 2 aliphatic rings. The molecule has 1 aliphatic carbocycles. The number of hydrogen-bond acceptors (Lipinski definition) is 4. The minimum Gasteiger partial charge on any atom is -0.355 e. The van der Waals surface area contributed by atoms with Gasteiger partial charge in [0.15, 0.2) is 0 Å². The number of nitrogens with zero attached hydrogens (tertiary/aromatic N) is 2. The van der Waals surface area contributed by atoms with Gasteiger partial charge in [0.1, 0.15) is 6.04 Å². The van der Waals surface area contributed by atoms with Crippen LogP contribution in [0.1, 0.15) is 48.2 Å². The molecule has 1 saturated heterocycles. The Labute approximate surface area is 152 Å². The van der Waals surface area contributed by atoms with Crippen LogP contribution in [0.5, 0.6) is 0 Å². The number of fused-ring (bicyclic) bond motifs is 1. The predicted octanol–water partition coefficient (Wildman–Crippen LogP) is 1.79. The van der Waals surface area contributed by atoms with Crippen molar-refractivity contribution >= 4 is 22.7 Å². The zero-order valence-corrected chi connectivity index (χ0v) is 14.9. The summed E-state index contributed by atoms with van der Waals surface area (Å²) in [6.45, 7) is 2.81. The number of nitrogens with two attached hydrogens (primary N) is 1. The Bertz CT molecular complexity index is 862. The summed E-state index contributed by atoms with van der Waals surface area (Å²) in [5.74, 6) is 0.190. The van der Waals surface area contributed by atoms with Crippen molar-refractivity contribution in [2.24, 2.45) is 5.73 Å². The van der Waals surface area contributed by atoms with E-state index in [0.29, 0.717) is 31.0 Å². The highest BCUT2D eigenvalue weighted by Crippen LogP contribution is 2.40. The zero-order chi connectivity index (χ0) is 18.3. The van der Waals surface area contributed by atoms with Gasteiger partial charge in [0.2, 0.25) is 5.91 Å². The summed E-state index contributed by atoms with van der Waals surface area (Å²) in [7, 11) is 0. The van der Waals surface area contributed by atoms with Crippen LogP contribution in [0.25, 0.3) is 10.9 Å². The number of hydrogen-bond donors (Lipinski definition) is 2. The van der Waals surface area contributed by atoms with E-state index >= 15 is 0 Å². The number of likely N-dealkylation sites (tertiary alicyclic amines) is 1. The van der Waals surface area contributed by atoms with Crippen LogP contribution in [-0.2, 0) is 4.79 Å². The average Bonchev–Trinajstić information content (AvgIpc) is 3.42. The van der Waals surface area contributed by atoms with E-state index in [-0.39, 0.29) is 17.9 Å². The maximum absolute atomic E-state index is 13.4. The Morgan fingerprint density at radius 2 is 2.08 bits per heavy atom. The van der Waals surface area contributed by atoms with Gasteiger partial charge in [0, 0.05) is 36.1 Å². The van der Waals surface area contributed by atoms with Crippen molar-refractivity contribution in [1.82, 2.24) is 15.2 Å². The molecule has 2 amide bonds. The van der Waals surface area contributed by atoms with Gasteiger partial charge in [0.05, 0.1) is 11.1 Å². The first-order valence-electron chi connectivity index (χ1n) is 9.32. The summed E-state index contributed by atoms with van der Waals surface area (Å²) in [5, 5.41) is 3.65. The first kappa shape index (κ1) is 17.0. The van der Waals surface area contributed by atoms with Gasteiger partial charge in [-0.25, -0.2) is 0 Å². The monoisotopic (exact) mass is 352 g/mol. The molecule has 136 valence electrons. The second-order valence-electron chi connectivity index (χ2n) is 7.25. The fourth-order valence-electron chi connectivity index (χ4n) is 3.75. The molecule has 0 radical (unpaired) electrons. The SMILES string of the molecule is CCNC(=O)[C@@H]1C[C@H](N)CN1C(=O)c1cc(C2CC2)nc2ccccc12. The van der Waals surface area contributed by atoms with E-state index in [1.165, 1.54) is 0 Å². The molecule has 4 rings (SSSR count). The average molecular weight is 352 g/mol. The lowest BCUT2D eigenvalue weighted by atomic mass is 10.0. The van der Waals surface area contributed by atoms with Crippen LogP contribution >= 0.6 is 0 Å². The molecular formula is C20H24N4O2. The van der Waals surface area contributed by atoms with Crippen LogP contribution < -0.4 is 11.1 Å². The van der Waals surface area contributed by atoms with Crippen molar-refractivity contribution in [2.45, 2.75) is 44.2 Å². The van der Waals surface area contributed by atoms with E-state index in [2.05, 4.69) is 5.32 Å². The first-order chi connectivity index (χ1) is 12.6. The molecule has 2 heterocycles. The van der Waals surface area contributed by atoms with Crippen LogP contribution in [-0.4, -0.2) is 46.9 Å². The topological polar surface area (TPSA) is 88.3 Å². The summed E-state index contributed by atoms with van der Waals surface area (Å²) >= 11 is 0. The third-order valence-corrected chi connectivity index (χ3v) is 5.21. The molecule has 1 aromatic carbocycles. The number of amides is 2. The number of aromatic nitrogens is 1. The molecule has 1 saturated carbocycles. The summed E-state index contributed by atoms with van der Waals surface area (Å²) < 4.78 is 0. The van der Waals surface area contributed by atoms with Crippen LogP contribution in [0.15, 0.2) is 30.3 Å². The van der Waals surface area contributed by atoms with E-state index in [1.54, 1.807) is 4.90 Å². The minimum absolute atomic E-state index is 0.130. The molecule has 0 bridgehead atoms. The number of nitrogens with one attached hydrogen (secondary N) is 1. The molecule has 2 fully saturated rings. The van der Waals surface area contributed by atoms with Crippen molar-refractivity contribution in [3.8, 4) is 0 Å². The lowest BCUT2D eigenvalue weighted by Gasteiger charge is -2.24. The number of carbonyl (C=O) groups excluding carboxylic acids is 2. The Kier molecular flexibility index (Phi) is 4.36. The van der Waals surface area contributed by atoms with E-state index < -0.39 is 6.04 Å². The highest BCUT2D eigenvalue weighted by Gasteiger charge is 2.39. The van der Waals surface area contributed by atoms with Gasteiger partial charge in [-0.15, -0.1) is 0 Å². The Morgan fingerprint density at radius 3 is 2.81 bits per heavy atom. The second-order valence-corrected chi connectivity index (χ2v) is 7.25. The van der Waals surface area contributed by atoms with Crippen LogP contribution in [0.3, 0.4) is 0 Å². The second kappa shape index (κ2) is 6.68. The highest BCUT2D eigenvalue weighted by molar-refractivity contribution is 6.07. The normalized spacial score (nSPS) is 22.6. The van der Waals surface area contributed by atoms with Crippen molar-refractivity contribution in [2.75, 3.05) is 13.1 Å². The maximum atomic E-state index is 13.4. The lowest BCUT2D eigenvalue weighted by molar-refractivity contribution is -0.124. The highest BCUT2D eigenvalue weighted by atomic mass is 16.2. The number of pyridine rings is 1. The molecule has 26 heavy (non-hydrogen) atoms. The Morgan fingerprint density at radius 1 is 1.31 bits per heavy atom. The standard InChI is InChI=1S/C20H24N4O2/c1-2-22-19(25)18-9-13(21)11-24(18)20(26)15-10-17(12-7-8-12)23-16-6-4-3-5-14(15)16/h3-6,10,12-13,18H,2,7-9,11,21H2,1H3,(H,22,25)/t13-,18-/m0/s1. The fourth-order valence-corrected chi connectivity index (χ4v) is 3.75. The van der Waals surface area contributed by atoms with Gasteiger partial charge < -0.3 is 16.0 Å². The zero-order valence-electron chi connectivity index (χ0n) is 14.9. The molecule has 1 aromatic heterocycles. The van der Waals surface area contributed by atoms with E-state index in [0.717, 1.165) is 29.4 Å². The summed E-state index contributed by atoms with van der Waals surface area (Å²) in [6, 6.07) is 8.94. The summed E-state index contributed by atoms with van der Waals surface area (Å²) in [5.41, 5.74) is 8.51. The van der Waals surface area contributed by atoms with Crippen LogP contribution in [0.4, 0.5) is 0 Å². The number of carbonyl (C=O) groups is 2. The minimum atomic E-state index is -0.506. The quantitative estimate of drug-likeness (QED) is 0.878. The molecule has 6 nitrogen and oxygen atoms in total.